The molecule has 2 heterocycles. The highest BCUT2D eigenvalue weighted by Gasteiger charge is 2.35. The summed E-state index contributed by atoms with van der Waals surface area (Å²) < 4.78 is 28.1. The molecule has 0 radical (unpaired) electrons. The number of primary amides is 1. The van der Waals surface area contributed by atoms with Crippen molar-refractivity contribution in [1.29, 1.82) is 0 Å². The van der Waals surface area contributed by atoms with E-state index in [1.165, 1.54) is 34.9 Å². The van der Waals surface area contributed by atoms with Gasteiger partial charge in [-0.2, -0.15) is 4.72 Å². The Kier molecular flexibility index (Phi) is 8.16. The van der Waals surface area contributed by atoms with Crippen LogP contribution >= 0.6 is 11.6 Å². The number of nitrogens with zero attached hydrogens (tertiary/aromatic N) is 2. The topological polar surface area (TPSA) is 159 Å². The van der Waals surface area contributed by atoms with Gasteiger partial charge in [0.05, 0.1) is 28.1 Å². The molecule has 0 bridgehead atoms. The Labute approximate surface area is 203 Å². The summed E-state index contributed by atoms with van der Waals surface area (Å²) in [7, 11) is -4.09. The van der Waals surface area contributed by atoms with Crippen molar-refractivity contribution in [2.45, 2.75) is 43.5 Å². The second-order valence-corrected chi connectivity index (χ2v) is 10.6. The molecule has 0 aliphatic carbocycles. The van der Waals surface area contributed by atoms with Crippen LogP contribution in [-0.2, 0) is 29.2 Å². The van der Waals surface area contributed by atoms with Gasteiger partial charge >= 0.3 is 0 Å². The van der Waals surface area contributed by atoms with Crippen LogP contribution in [0, 0.1) is 5.92 Å². The molecule has 2 aliphatic heterocycles. The lowest BCUT2D eigenvalue weighted by molar-refractivity contribution is -0.144. The molecular weight excluding hydrogens is 486 g/mol. The van der Waals surface area contributed by atoms with Gasteiger partial charge in [-0.1, -0.05) is 11.6 Å². The van der Waals surface area contributed by atoms with Gasteiger partial charge in [0.1, 0.15) is 6.04 Å². The molecule has 3 rings (SSSR count). The number of sulfonamides is 1. The van der Waals surface area contributed by atoms with Crippen molar-refractivity contribution in [3.63, 3.8) is 0 Å². The molecule has 1 aromatic rings. The quantitative estimate of drug-likeness (QED) is 0.475. The smallest absolute Gasteiger partial charge is 0.242 e. The van der Waals surface area contributed by atoms with Gasteiger partial charge in [-0.3, -0.25) is 19.2 Å². The van der Waals surface area contributed by atoms with Crippen LogP contribution in [-0.4, -0.2) is 74.1 Å². The lowest BCUT2D eigenvalue weighted by Crippen LogP contribution is -2.55. The second-order valence-electron chi connectivity index (χ2n) is 8.48. The standard InChI is InChI=1S/C21H28ClN5O6S/c1-13(28)24-17-7-6-15(10-16(17)22)34(32,33)25-18-5-3-9-27(21(18)31)12-19(29)26-8-2-4-14(11-26)20(23)30/h6-7,10,14,18,25H,2-5,8-9,11-12H2,1H3,(H2,23,30)(H,24,28)/t14?,18-/m0/s1. The molecule has 0 spiro atoms. The number of piperidine rings is 2. The first-order valence-corrected chi connectivity index (χ1v) is 12.8. The van der Waals surface area contributed by atoms with Gasteiger partial charge in [0.25, 0.3) is 0 Å². The van der Waals surface area contributed by atoms with Gasteiger partial charge in [-0.15, -0.1) is 0 Å². The van der Waals surface area contributed by atoms with Crippen LogP contribution in [0.4, 0.5) is 5.69 Å². The lowest BCUT2D eigenvalue weighted by atomic mass is 9.97. The average Bonchev–Trinajstić information content (AvgIpc) is 2.77. The minimum Gasteiger partial charge on any atom is -0.369 e. The molecule has 186 valence electrons. The molecule has 2 aliphatic rings. The zero-order chi connectivity index (χ0) is 25.0. The third-order valence-corrected chi connectivity index (χ3v) is 7.67. The Hall–Kier alpha value is -2.70. The number of hydrogen-bond donors (Lipinski definition) is 3. The maximum atomic E-state index is 12.9. The Balaban J connectivity index is 1.65. The summed E-state index contributed by atoms with van der Waals surface area (Å²) in [6, 6.07) is 2.80. The normalized spacial score (nSPS) is 21.3. The number of carbonyl (C=O) groups is 4. The Morgan fingerprint density at radius 2 is 1.88 bits per heavy atom. The summed E-state index contributed by atoms with van der Waals surface area (Å²) in [6.45, 7) is 2.14. The number of carbonyl (C=O) groups excluding carboxylic acids is 4. The fourth-order valence-electron chi connectivity index (χ4n) is 4.12. The summed E-state index contributed by atoms with van der Waals surface area (Å²) in [6.07, 6.45) is 2.08. The van der Waals surface area contributed by atoms with Crippen molar-refractivity contribution in [2.75, 3.05) is 31.5 Å². The van der Waals surface area contributed by atoms with Crippen molar-refractivity contribution in [1.82, 2.24) is 14.5 Å². The van der Waals surface area contributed by atoms with E-state index in [2.05, 4.69) is 10.0 Å². The Morgan fingerprint density at radius 3 is 2.53 bits per heavy atom. The molecule has 4 amide bonds. The third kappa shape index (κ3) is 6.24. The van der Waals surface area contributed by atoms with Crippen molar-refractivity contribution >= 4 is 50.9 Å². The maximum absolute atomic E-state index is 12.9. The number of rotatable bonds is 7. The molecule has 1 unspecified atom stereocenters. The molecule has 0 saturated carbocycles. The van der Waals surface area contributed by atoms with E-state index < -0.39 is 33.8 Å². The molecular formula is C21H28ClN5O6S. The van der Waals surface area contributed by atoms with E-state index in [-0.39, 0.29) is 46.9 Å². The van der Waals surface area contributed by atoms with Crippen molar-refractivity contribution in [2.24, 2.45) is 11.7 Å². The predicted octanol–water partition coefficient (Wildman–Crippen LogP) is 0.292. The molecule has 2 fully saturated rings. The second kappa shape index (κ2) is 10.7. The summed E-state index contributed by atoms with van der Waals surface area (Å²) in [5, 5.41) is 2.53. The first kappa shape index (κ1) is 25.9. The highest BCUT2D eigenvalue weighted by atomic mass is 35.5. The number of hydrogen-bond acceptors (Lipinski definition) is 6. The van der Waals surface area contributed by atoms with Crippen molar-refractivity contribution in [3.05, 3.63) is 23.2 Å². The van der Waals surface area contributed by atoms with Crippen LogP contribution in [0.25, 0.3) is 0 Å². The zero-order valence-corrected chi connectivity index (χ0v) is 20.3. The highest BCUT2D eigenvalue weighted by Crippen LogP contribution is 2.26. The first-order valence-electron chi connectivity index (χ1n) is 10.9. The fourth-order valence-corrected chi connectivity index (χ4v) is 5.66. The average molecular weight is 514 g/mol. The Bertz CT molecular complexity index is 1100. The van der Waals surface area contributed by atoms with E-state index in [4.69, 9.17) is 17.3 Å². The highest BCUT2D eigenvalue weighted by molar-refractivity contribution is 7.89. The summed E-state index contributed by atoms with van der Waals surface area (Å²) in [5.41, 5.74) is 5.63. The number of amides is 4. The summed E-state index contributed by atoms with van der Waals surface area (Å²) >= 11 is 6.08. The molecule has 1 aromatic carbocycles. The van der Waals surface area contributed by atoms with Gasteiger partial charge < -0.3 is 20.9 Å². The lowest BCUT2D eigenvalue weighted by Gasteiger charge is -2.36. The van der Waals surface area contributed by atoms with Crippen molar-refractivity contribution in [3.8, 4) is 0 Å². The number of nitrogens with one attached hydrogen (secondary N) is 2. The van der Waals surface area contributed by atoms with E-state index in [9.17, 15) is 27.6 Å². The minimum absolute atomic E-state index is 0.0380. The largest absolute Gasteiger partial charge is 0.369 e. The van der Waals surface area contributed by atoms with Crippen LogP contribution in [0.5, 0.6) is 0 Å². The van der Waals surface area contributed by atoms with Crippen LogP contribution in [0.2, 0.25) is 5.02 Å². The molecule has 4 N–H and O–H groups in total. The number of likely N-dealkylation sites (tertiary alicyclic amines) is 2. The summed E-state index contributed by atoms with van der Waals surface area (Å²) in [4.78, 5) is 51.1. The molecule has 2 saturated heterocycles. The van der Waals surface area contributed by atoms with Gasteiger partial charge in [0.2, 0.25) is 33.7 Å². The molecule has 34 heavy (non-hydrogen) atoms. The minimum atomic E-state index is -4.09. The SMILES string of the molecule is CC(=O)Nc1ccc(S(=O)(=O)N[C@H]2CCCN(CC(=O)N3CCCC(C(N)=O)C3)C2=O)cc1Cl. The first-order chi connectivity index (χ1) is 16.0. The van der Waals surface area contributed by atoms with Gasteiger partial charge in [0, 0.05) is 26.6 Å². The van der Waals surface area contributed by atoms with Gasteiger partial charge in [-0.25, -0.2) is 8.42 Å². The van der Waals surface area contributed by atoms with Gasteiger partial charge in [0.15, 0.2) is 0 Å². The number of nitrogens with two attached hydrogens (primary N) is 1. The molecule has 2 atom stereocenters. The van der Waals surface area contributed by atoms with E-state index in [1.807, 2.05) is 0 Å². The number of halogens is 1. The van der Waals surface area contributed by atoms with E-state index in [0.29, 0.717) is 32.4 Å². The monoisotopic (exact) mass is 513 g/mol. The molecule has 0 aromatic heterocycles. The van der Waals surface area contributed by atoms with Crippen molar-refractivity contribution < 1.29 is 27.6 Å². The predicted molar refractivity (Wildman–Crippen MR) is 124 cm³/mol. The van der Waals surface area contributed by atoms with Crippen LogP contribution in [0.1, 0.15) is 32.6 Å². The third-order valence-electron chi connectivity index (χ3n) is 5.89. The van der Waals surface area contributed by atoms with E-state index in [0.717, 1.165) is 0 Å². The van der Waals surface area contributed by atoms with E-state index in [1.54, 1.807) is 0 Å². The van der Waals surface area contributed by atoms with Crippen LogP contribution in [0.3, 0.4) is 0 Å². The zero-order valence-electron chi connectivity index (χ0n) is 18.8. The summed E-state index contributed by atoms with van der Waals surface area (Å²) in [5.74, 6) is -2.01. The van der Waals surface area contributed by atoms with Crippen LogP contribution in [0.15, 0.2) is 23.1 Å². The van der Waals surface area contributed by atoms with Gasteiger partial charge in [-0.05, 0) is 43.9 Å². The molecule has 13 heteroatoms. The maximum Gasteiger partial charge on any atom is 0.242 e. The van der Waals surface area contributed by atoms with Crippen LogP contribution < -0.4 is 15.8 Å². The molecule has 11 nitrogen and oxygen atoms in total. The number of benzene rings is 1. The fraction of sp³-hybridized carbons (Fsp3) is 0.524. The van der Waals surface area contributed by atoms with E-state index >= 15 is 0 Å². The Morgan fingerprint density at radius 1 is 1.18 bits per heavy atom. The number of anilines is 1.